The highest BCUT2D eigenvalue weighted by atomic mass is 32.1. The van der Waals surface area contributed by atoms with Gasteiger partial charge in [-0.15, -0.1) is 11.3 Å². The fourth-order valence-electron chi connectivity index (χ4n) is 3.67. The van der Waals surface area contributed by atoms with Crippen LogP contribution >= 0.6 is 11.3 Å². The lowest BCUT2D eigenvalue weighted by Gasteiger charge is -2.18. The second-order valence-electron chi connectivity index (χ2n) is 6.78. The number of nitrogens with zero attached hydrogens (tertiary/aromatic N) is 3. The Bertz CT molecular complexity index is 1050. The Kier molecular flexibility index (Phi) is 4.22. The van der Waals surface area contributed by atoms with Crippen LogP contribution in [0.5, 0.6) is 0 Å². The van der Waals surface area contributed by atoms with Crippen LogP contribution < -0.4 is 10.2 Å². The Morgan fingerprint density at radius 1 is 0.889 bits per heavy atom. The molecule has 0 aliphatic carbocycles. The molecule has 0 atom stereocenters. The fraction of sp³-hybridized carbons (Fsp3) is 0.182. The number of fused-ring (bicyclic) bond motifs is 1. The topological polar surface area (TPSA) is 41.1 Å². The molecule has 3 heterocycles. The third-order valence-corrected chi connectivity index (χ3v) is 5.94. The third-order valence-electron chi connectivity index (χ3n) is 5.06. The highest BCUT2D eigenvalue weighted by Crippen LogP contribution is 2.37. The SMILES string of the molecule is c1ccc(-c2csc3ncnc(Nc4ccc(N5CCCC5)cc4)c23)cc1. The van der Waals surface area contributed by atoms with Crippen LogP contribution in [-0.4, -0.2) is 23.1 Å². The fourth-order valence-corrected chi connectivity index (χ4v) is 4.58. The lowest BCUT2D eigenvalue weighted by Crippen LogP contribution is -2.17. The Balaban J connectivity index is 1.49. The van der Waals surface area contributed by atoms with Crippen molar-refractivity contribution in [2.75, 3.05) is 23.3 Å². The van der Waals surface area contributed by atoms with Crippen molar-refractivity contribution < 1.29 is 0 Å². The maximum Gasteiger partial charge on any atom is 0.143 e. The number of aromatic nitrogens is 2. The Labute approximate surface area is 162 Å². The Morgan fingerprint density at radius 3 is 2.44 bits per heavy atom. The van der Waals surface area contributed by atoms with E-state index < -0.39 is 0 Å². The van der Waals surface area contributed by atoms with Crippen LogP contribution in [0.2, 0.25) is 0 Å². The normalized spacial score (nSPS) is 14.0. The number of rotatable bonds is 4. The van der Waals surface area contributed by atoms with Crippen molar-refractivity contribution in [1.29, 1.82) is 0 Å². The summed E-state index contributed by atoms with van der Waals surface area (Å²) in [4.78, 5) is 12.4. The smallest absolute Gasteiger partial charge is 0.143 e. The van der Waals surface area contributed by atoms with Crippen LogP contribution in [0.3, 0.4) is 0 Å². The number of benzene rings is 2. The van der Waals surface area contributed by atoms with Crippen molar-refractivity contribution in [2.45, 2.75) is 12.8 Å². The standard InChI is InChI=1S/C22H20N4S/c1-2-6-16(7-3-1)19-14-27-22-20(19)21(23-15-24-22)25-17-8-10-18(11-9-17)26-12-4-5-13-26/h1-3,6-11,14-15H,4-5,12-13H2,(H,23,24,25). The minimum absolute atomic E-state index is 0.856. The van der Waals surface area contributed by atoms with Gasteiger partial charge in [-0.25, -0.2) is 9.97 Å². The average molecular weight is 372 g/mol. The van der Waals surface area contributed by atoms with Crippen LogP contribution in [0.4, 0.5) is 17.2 Å². The van der Waals surface area contributed by atoms with Crippen LogP contribution in [-0.2, 0) is 0 Å². The summed E-state index contributed by atoms with van der Waals surface area (Å²) in [6, 6.07) is 19.1. The van der Waals surface area contributed by atoms with Gasteiger partial charge < -0.3 is 10.2 Å². The molecule has 0 bridgehead atoms. The molecule has 27 heavy (non-hydrogen) atoms. The van der Waals surface area contributed by atoms with Crippen molar-refractivity contribution in [3.63, 3.8) is 0 Å². The molecule has 1 N–H and O–H groups in total. The van der Waals surface area contributed by atoms with Gasteiger partial charge in [0.25, 0.3) is 0 Å². The summed E-state index contributed by atoms with van der Waals surface area (Å²) in [5.41, 5.74) is 4.70. The van der Waals surface area contributed by atoms with Gasteiger partial charge in [0.15, 0.2) is 0 Å². The molecule has 0 spiro atoms. The van der Waals surface area contributed by atoms with Gasteiger partial charge in [-0.2, -0.15) is 0 Å². The maximum atomic E-state index is 4.53. The van der Waals surface area contributed by atoms with E-state index in [4.69, 9.17) is 0 Å². The molecule has 0 radical (unpaired) electrons. The molecule has 0 unspecified atom stereocenters. The molecule has 1 aliphatic rings. The van der Waals surface area contributed by atoms with E-state index in [-0.39, 0.29) is 0 Å². The minimum Gasteiger partial charge on any atom is -0.372 e. The molecule has 1 aliphatic heterocycles. The summed E-state index contributed by atoms with van der Waals surface area (Å²) in [5, 5.41) is 6.74. The second kappa shape index (κ2) is 7.00. The summed E-state index contributed by atoms with van der Waals surface area (Å²) in [7, 11) is 0. The van der Waals surface area contributed by atoms with Crippen LogP contribution in [0, 0.1) is 0 Å². The van der Waals surface area contributed by atoms with E-state index in [0.717, 1.165) is 34.8 Å². The van der Waals surface area contributed by atoms with Crippen LogP contribution in [0.15, 0.2) is 66.3 Å². The van der Waals surface area contributed by atoms with E-state index in [1.807, 2.05) is 6.07 Å². The van der Waals surface area contributed by atoms with E-state index >= 15 is 0 Å². The molecule has 4 aromatic rings. The predicted octanol–water partition coefficient (Wildman–Crippen LogP) is 5.70. The molecule has 0 amide bonds. The Hall–Kier alpha value is -2.92. The summed E-state index contributed by atoms with van der Waals surface area (Å²) in [5.74, 6) is 0.856. The number of nitrogens with one attached hydrogen (secondary N) is 1. The molecule has 5 heteroatoms. The van der Waals surface area contributed by atoms with Gasteiger partial charge in [0.1, 0.15) is 17.0 Å². The molecule has 5 rings (SSSR count). The highest BCUT2D eigenvalue weighted by Gasteiger charge is 2.14. The summed E-state index contributed by atoms with van der Waals surface area (Å²) >= 11 is 1.65. The van der Waals surface area contributed by atoms with Gasteiger partial charge in [0, 0.05) is 35.4 Å². The number of anilines is 3. The first-order valence-electron chi connectivity index (χ1n) is 9.28. The van der Waals surface area contributed by atoms with Crippen molar-refractivity contribution >= 4 is 38.7 Å². The first-order valence-corrected chi connectivity index (χ1v) is 10.2. The largest absolute Gasteiger partial charge is 0.372 e. The number of hydrogen-bond acceptors (Lipinski definition) is 5. The lowest BCUT2D eigenvalue weighted by atomic mass is 10.1. The van der Waals surface area contributed by atoms with Gasteiger partial charge >= 0.3 is 0 Å². The van der Waals surface area contributed by atoms with Crippen molar-refractivity contribution in [1.82, 2.24) is 9.97 Å². The van der Waals surface area contributed by atoms with Gasteiger partial charge in [0.2, 0.25) is 0 Å². The van der Waals surface area contributed by atoms with Gasteiger partial charge in [-0.05, 0) is 42.7 Å². The molecule has 134 valence electrons. The van der Waals surface area contributed by atoms with E-state index in [9.17, 15) is 0 Å². The highest BCUT2D eigenvalue weighted by molar-refractivity contribution is 7.17. The molecule has 0 saturated carbocycles. The van der Waals surface area contributed by atoms with E-state index in [1.54, 1.807) is 17.7 Å². The summed E-state index contributed by atoms with van der Waals surface area (Å²) in [6.07, 6.45) is 4.22. The predicted molar refractivity (Wildman–Crippen MR) is 114 cm³/mol. The van der Waals surface area contributed by atoms with Crippen molar-refractivity contribution in [3.05, 3.63) is 66.3 Å². The quantitative estimate of drug-likeness (QED) is 0.499. The molecule has 1 fully saturated rings. The van der Waals surface area contributed by atoms with Crippen molar-refractivity contribution in [2.24, 2.45) is 0 Å². The molecular weight excluding hydrogens is 352 g/mol. The maximum absolute atomic E-state index is 4.53. The summed E-state index contributed by atoms with van der Waals surface area (Å²) < 4.78 is 0. The van der Waals surface area contributed by atoms with E-state index in [0.29, 0.717) is 0 Å². The lowest BCUT2D eigenvalue weighted by molar-refractivity contribution is 0.949. The van der Waals surface area contributed by atoms with Crippen molar-refractivity contribution in [3.8, 4) is 11.1 Å². The van der Waals surface area contributed by atoms with Gasteiger partial charge in [-0.3, -0.25) is 0 Å². The zero-order valence-electron chi connectivity index (χ0n) is 14.9. The van der Waals surface area contributed by atoms with Crippen LogP contribution in [0.1, 0.15) is 12.8 Å². The number of hydrogen-bond donors (Lipinski definition) is 1. The zero-order valence-corrected chi connectivity index (χ0v) is 15.7. The van der Waals surface area contributed by atoms with Gasteiger partial charge in [0.05, 0.1) is 5.39 Å². The molecule has 2 aromatic heterocycles. The van der Waals surface area contributed by atoms with E-state index in [1.165, 1.54) is 29.7 Å². The number of thiophene rings is 1. The van der Waals surface area contributed by atoms with Gasteiger partial charge in [-0.1, -0.05) is 30.3 Å². The molecule has 1 saturated heterocycles. The minimum atomic E-state index is 0.856. The first-order chi connectivity index (χ1) is 13.4. The first kappa shape index (κ1) is 16.3. The Morgan fingerprint density at radius 2 is 1.67 bits per heavy atom. The third kappa shape index (κ3) is 3.15. The monoisotopic (exact) mass is 372 g/mol. The molecule has 2 aromatic carbocycles. The zero-order chi connectivity index (χ0) is 18.1. The summed E-state index contributed by atoms with van der Waals surface area (Å²) in [6.45, 7) is 2.32. The van der Waals surface area contributed by atoms with Crippen LogP contribution in [0.25, 0.3) is 21.3 Å². The average Bonchev–Trinajstić information content (AvgIpc) is 3.40. The van der Waals surface area contributed by atoms with E-state index in [2.05, 4.69) is 74.1 Å². The molecular formula is C22H20N4S. The molecule has 4 nitrogen and oxygen atoms in total. The second-order valence-corrected chi connectivity index (χ2v) is 7.64.